The number of rotatable bonds is 6. The SMILES string of the molecule is C/C=C/CCNCc1cnn(CC)c1. The van der Waals surface area contributed by atoms with Crippen LogP contribution in [0.4, 0.5) is 0 Å². The van der Waals surface area contributed by atoms with Crippen LogP contribution in [0, 0.1) is 0 Å². The van der Waals surface area contributed by atoms with Gasteiger partial charge in [0.2, 0.25) is 0 Å². The first kappa shape index (κ1) is 11.0. The standard InChI is InChI=1S/C11H19N3/c1-3-5-6-7-12-8-11-9-13-14(4-2)10-11/h3,5,9-10,12H,4,6-8H2,1-2H3/b5-3+. The molecule has 0 spiro atoms. The second kappa shape index (κ2) is 6.38. The molecule has 1 heterocycles. The van der Waals surface area contributed by atoms with E-state index in [-0.39, 0.29) is 0 Å². The first-order valence-corrected chi connectivity index (χ1v) is 5.20. The molecule has 3 heteroatoms. The van der Waals surface area contributed by atoms with E-state index in [0.717, 1.165) is 26.1 Å². The van der Waals surface area contributed by atoms with Gasteiger partial charge in [0, 0.05) is 24.8 Å². The Labute approximate surface area is 85.8 Å². The zero-order valence-corrected chi connectivity index (χ0v) is 9.03. The van der Waals surface area contributed by atoms with Crippen LogP contribution in [0.15, 0.2) is 24.5 Å². The number of hydrogen-bond donors (Lipinski definition) is 1. The minimum atomic E-state index is 0.914. The van der Waals surface area contributed by atoms with Crippen LogP contribution in [-0.4, -0.2) is 16.3 Å². The monoisotopic (exact) mass is 193 g/mol. The van der Waals surface area contributed by atoms with Gasteiger partial charge >= 0.3 is 0 Å². The zero-order valence-electron chi connectivity index (χ0n) is 9.03. The van der Waals surface area contributed by atoms with Crippen molar-refractivity contribution in [1.29, 1.82) is 0 Å². The van der Waals surface area contributed by atoms with Crippen LogP contribution in [0.1, 0.15) is 25.8 Å². The summed E-state index contributed by atoms with van der Waals surface area (Å²) in [5.41, 5.74) is 1.26. The topological polar surface area (TPSA) is 29.9 Å². The Hall–Kier alpha value is -1.09. The molecule has 1 aromatic heterocycles. The van der Waals surface area contributed by atoms with Gasteiger partial charge in [0.25, 0.3) is 0 Å². The number of aromatic nitrogens is 2. The van der Waals surface area contributed by atoms with Crippen LogP contribution < -0.4 is 5.32 Å². The molecule has 3 nitrogen and oxygen atoms in total. The van der Waals surface area contributed by atoms with Gasteiger partial charge < -0.3 is 5.32 Å². The number of allylic oxidation sites excluding steroid dienone is 1. The highest BCUT2D eigenvalue weighted by atomic mass is 15.3. The van der Waals surface area contributed by atoms with Crippen LogP contribution >= 0.6 is 0 Å². The number of nitrogens with one attached hydrogen (secondary N) is 1. The molecule has 1 rings (SSSR count). The Morgan fingerprint density at radius 1 is 1.57 bits per heavy atom. The van der Waals surface area contributed by atoms with E-state index >= 15 is 0 Å². The predicted molar refractivity (Wildman–Crippen MR) is 59.0 cm³/mol. The summed E-state index contributed by atoms with van der Waals surface area (Å²) < 4.78 is 1.95. The first-order valence-electron chi connectivity index (χ1n) is 5.20. The molecule has 14 heavy (non-hydrogen) atoms. The fourth-order valence-electron chi connectivity index (χ4n) is 1.26. The minimum absolute atomic E-state index is 0.914. The van der Waals surface area contributed by atoms with Gasteiger partial charge in [0.15, 0.2) is 0 Å². The van der Waals surface area contributed by atoms with Gasteiger partial charge in [-0.15, -0.1) is 0 Å². The molecule has 1 N–H and O–H groups in total. The maximum atomic E-state index is 4.21. The Kier molecular flexibility index (Phi) is 5.00. The van der Waals surface area contributed by atoms with E-state index in [1.54, 1.807) is 0 Å². The molecule has 78 valence electrons. The van der Waals surface area contributed by atoms with Crippen molar-refractivity contribution in [3.8, 4) is 0 Å². The van der Waals surface area contributed by atoms with Gasteiger partial charge in [0.1, 0.15) is 0 Å². The minimum Gasteiger partial charge on any atom is -0.312 e. The molecular weight excluding hydrogens is 174 g/mol. The Morgan fingerprint density at radius 3 is 3.07 bits per heavy atom. The third-order valence-corrected chi connectivity index (χ3v) is 2.06. The van der Waals surface area contributed by atoms with Crippen LogP contribution in [0.2, 0.25) is 0 Å². The molecule has 0 saturated heterocycles. The summed E-state index contributed by atoms with van der Waals surface area (Å²) in [6, 6.07) is 0. The summed E-state index contributed by atoms with van der Waals surface area (Å²) in [5.74, 6) is 0. The zero-order chi connectivity index (χ0) is 10.2. The van der Waals surface area contributed by atoms with Crippen LogP contribution in [0.25, 0.3) is 0 Å². The van der Waals surface area contributed by atoms with E-state index < -0.39 is 0 Å². The molecular formula is C11H19N3. The molecule has 0 saturated carbocycles. The molecule has 0 aliphatic heterocycles. The lowest BCUT2D eigenvalue weighted by Crippen LogP contribution is -2.13. The number of hydrogen-bond acceptors (Lipinski definition) is 2. The average Bonchev–Trinajstić information content (AvgIpc) is 2.65. The highest BCUT2D eigenvalue weighted by molar-refractivity contribution is 5.03. The van der Waals surface area contributed by atoms with Crippen molar-refractivity contribution in [1.82, 2.24) is 15.1 Å². The normalized spacial score (nSPS) is 11.3. The summed E-state index contributed by atoms with van der Waals surface area (Å²) in [5, 5.41) is 7.58. The molecule has 0 unspecified atom stereocenters. The lowest BCUT2D eigenvalue weighted by atomic mass is 10.3. The second-order valence-electron chi connectivity index (χ2n) is 3.24. The molecule has 1 aromatic rings. The Morgan fingerprint density at radius 2 is 2.43 bits per heavy atom. The van der Waals surface area contributed by atoms with Gasteiger partial charge in [-0.3, -0.25) is 4.68 Å². The van der Waals surface area contributed by atoms with E-state index in [0.29, 0.717) is 0 Å². The van der Waals surface area contributed by atoms with E-state index in [1.807, 2.05) is 17.8 Å². The van der Waals surface area contributed by atoms with Crippen molar-refractivity contribution >= 4 is 0 Å². The third-order valence-electron chi connectivity index (χ3n) is 2.06. The van der Waals surface area contributed by atoms with Crippen molar-refractivity contribution in [2.75, 3.05) is 6.54 Å². The van der Waals surface area contributed by atoms with Gasteiger partial charge in [0.05, 0.1) is 6.20 Å². The van der Waals surface area contributed by atoms with Gasteiger partial charge in [-0.1, -0.05) is 12.2 Å². The van der Waals surface area contributed by atoms with Gasteiger partial charge in [-0.05, 0) is 26.8 Å². The van der Waals surface area contributed by atoms with Crippen molar-refractivity contribution in [2.45, 2.75) is 33.4 Å². The molecule has 0 atom stereocenters. The Bertz CT molecular complexity index is 276. The van der Waals surface area contributed by atoms with Gasteiger partial charge in [-0.25, -0.2) is 0 Å². The quantitative estimate of drug-likeness (QED) is 0.553. The maximum Gasteiger partial charge on any atom is 0.0534 e. The Balaban J connectivity index is 2.18. The molecule has 0 aliphatic rings. The van der Waals surface area contributed by atoms with Crippen molar-refractivity contribution < 1.29 is 0 Å². The highest BCUT2D eigenvalue weighted by Gasteiger charge is 1.95. The fourth-order valence-corrected chi connectivity index (χ4v) is 1.26. The van der Waals surface area contributed by atoms with E-state index in [2.05, 4.69) is 35.7 Å². The molecule has 0 aromatic carbocycles. The summed E-state index contributed by atoms with van der Waals surface area (Å²) >= 11 is 0. The third kappa shape index (κ3) is 3.75. The predicted octanol–water partition coefficient (Wildman–Crippen LogP) is 1.96. The van der Waals surface area contributed by atoms with E-state index in [4.69, 9.17) is 0 Å². The molecule has 0 amide bonds. The van der Waals surface area contributed by atoms with Crippen molar-refractivity contribution in [3.63, 3.8) is 0 Å². The number of nitrogens with zero attached hydrogens (tertiary/aromatic N) is 2. The van der Waals surface area contributed by atoms with Crippen LogP contribution in [0.5, 0.6) is 0 Å². The van der Waals surface area contributed by atoms with Crippen LogP contribution in [0.3, 0.4) is 0 Å². The fraction of sp³-hybridized carbons (Fsp3) is 0.545. The molecule has 0 radical (unpaired) electrons. The smallest absolute Gasteiger partial charge is 0.0534 e. The first-order chi connectivity index (χ1) is 6.86. The lowest BCUT2D eigenvalue weighted by Gasteiger charge is -1.99. The van der Waals surface area contributed by atoms with Gasteiger partial charge in [-0.2, -0.15) is 5.10 Å². The average molecular weight is 193 g/mol. The summed E-state index contributed by atoms with van der Waals surface area (Å²) in [6.07, 6.45) is 9.35. The van der Waals surface area contributed by atoms with E-state index in [9.17, 15) is 0 Å². The summed E-state index contributed by atoms with van der Waals surface area (Å²) in [4.78, 5) is 0. The highest BCUT2D eigenvalue weighted by Crippen LogP contribution is 1.96. The molecule has 0 aliphatic carbocycles. The molecule has 0 fully saturated rings. The van der Waals surface area contributed by atoms with E-state index in [1.165, 1.54) is 5.56 Å². The van der Waals surface area contributed by atoms with Crippen molar-refractivity contribution in [3.05, 3.63) is 30.1 Å². The maximum absolute atomic E-state index is 4.21. The summed E-state index contributed by atoms with van der Waals surface area (Å²) in [6.45, 7) is 7.03. The molecule has 0 bridgehead atoms. The van der Waals surface area contributed by atoms with Crippen molar-refractivity contribution in [2.24, 2.45) is 0 Å². The largest absolute Gasteiger partial charge is 0.312 e. The lowest BCUT2D eigenvalue weighted by molar-refractivity contribution is 0.656. The summed E-state index contributed by atoms with van der Waals surface area (Å²) in [7, 11) is 0. The number of aryl methyl sites for hydroxylation is 1. The van der Waals surface area contributed by atoms with Crippen LogP contribution in [-0.2, 0) is 13.1 Å². The second-order valence-corrected chi connectivity index (χ2v) is 3.24.